The summed E-state index contributed by atoms with van der Waals surface area (Å²) in [7, 11) is 1.35. The van der Waals surface area contributed by atoms with Crippen LogP contribution in [0.15, 0.2) is 0 Å². The number of esters is 1. The van der Waals surface area contributed by atoms with Crippen LogP contribution in [0.1, 0.15) is 28.2 Å². The van der Waals surface area contributed by atoms with Crippen LogP contribution >= 0.6 is 0 Å². The minimum Gasteiger partial charge on any atom is -0.469 e. The second-order valence-corrected chi connectivity index (χ2v) is 1.76. The maximum absolute atomic E-state index is 10.3. The lowest BCUT2D eigenvalue weighted by molar-refractivity contribution is -0.140. The predicted molar refractivity (Wildman–Crippen MR) is 43.7 cm³/mol. The first-order valence-corrected chi connectivity index (χ1v) is 2.49. The lowest BCUT2D eigenvalue weighted by atomic mass is 10.3. The van der Waals surface area contributed by atoms with Crippen molar-refractivity contribution in [3.05, 3.63) is 0 Å². The van der Waals surface area contributed by atoms with E-state index in [9.17, 15) is 4.79 Å². The topological polar surface area (TPSA) is 52.3 Å². The molecule has 1 atom stereocenters. The molecule has 0 saturated heterocycles. The van der Waals surface area contributed by atoms with Gasteiger partial charge in [0.15, 0.2) is 0 Å². The Morgan fingerprint density at radius 1 is 1.60 bits per heavy atom. The Kier molecular flexibility index (Phi) is 13.7. The summed E-state index contributed by atoms with van der Waals surface area (Å²) in [5, 5.41) is 0. The van der Waals surface area contributed by atoms with Crippen LogP contribution in [0.3, 0.4) is 0 Å². The number of carbonyl (C=O) groups excluding carboxylic acids is 1. The van der Waals surface area contributed by atoms with Gasteiger partial charge in [0.25, 0.3) is 0 Å². The van der Waals surface area contributed by atoms with Crippen molar-refractivity contribution >= 4 is 5.97 Å². The van der Waals surface area contributed by atoms with Gasteiger partial charge in [-0.3, -0.25) is 4.79 Å². The minimum absolute atomic E-state index is 0. The fraction of sp³-hybridized carbons (Fsp3) is 0.857. The van der Waals surface area contributed by atoms with Crippen molar-refractivity contribution in [1.82, 2.24) is 0 Å². The molecule has 0 aromatic rings. The molecule has 64 valence electrons. The average molecular weight is 149 g/mol. The van der Waals surface area contributed by atoms with Gasteiger partial charge in [0, 0.05) is 6.04 Å². The standard InChI is InChI=1S/C5H11NO2.2CH4/c1-4(6)3-5(7)8-2;;/h4H,3,6H2,1-2H3;2*1H4. The molecule has 0 amide bonds. The molecular formula is C7H19NO2. The van der Waals surface area contributed by atoms with Crippen LogP contribution in [0.4, 0.5) is 0 Å². The summed E-state index contributed by atoms with van der Waals surface area (Å²) in [6.45, 7) is 1.76. The molecule has 0 radical (unpaired) electrons. The number of rotatable bonds is 2. The van der Waals surface area contributed by atoms with Crippen LogP contribution < -0.4 is 5.73 Å². The van der Waals surface area contributed by atoms with Gasteiger partial charge in [-0.15, -0.1) is 0 Å². The molecule has 10 heavy (non-hydrogen) atoms. The molecule has 0 bridgehead atoms. The summed E-state index contributed by atoms with van der Waals surface area (Å²) in [6, 6.07) is -0.0950. The Labute approximate surface area is 63.6 Å². The highest BCUT2D eigenvalue weighted by molar-refractivity contribution is 5.69. The lowest BCUT2D eigenvalue weighted by Crippen LogP contribution is -2.20. The SMILES string of the molecule is C.C.COC(=O)CC(C)N. The normalized spacial score (nSPS) is 10.3. The molecule has 0 aliphatic carbocycles. The maximum Gasteiger partial charge on any atom is 0.307 e. The van der Waals surface area contributed by atoms with Crippen LogP contribution in [0.2, 0.25) is 0 Å². The quantitative estimate of drug-likeness (QED) is 0.599. The van der Waals surface area contributed by atoms with Gasteiger partial charge in [-0.05, 0) is 6.92 Å². The van der Waals surface area contributed by atoms with E-state index in [0.29, 0.717) is 6.42 Å². The molecule has 3 heteroatoms. The first-order valence-electron chi connectivity index (χ1n) is 2.49. The molecule has 0 aliphatic heterocycles. The zero-order valence-electron chi connectivity index (χ0n) is 5.18. The molecule has 3 nitrogen and oxygen atoms in total. The number of hydrogen-bond donors (Lipinski definition) is 1. The van der Waals surface area contributed by atoms with E-state index in [2.05, 4.69) is 4.74 Å². The van der Waals surface area contributed by atoms with E-state index < -0.39 is 0 Å². The second-order valence-electron chi connectivity index (χ2n) is 1.76. The Morgan fingerprint density at radius 3 is 2.10 bits per heavy atom. The van der Waals surface area contributed by atoms with Crippen LogP contribution in [0, 0.1) is 0 Å². The Balaban J connectivity index is -0.000000245. The molecule has 0 fully saturated rings. The monoisotopic (exact) mass is 149 g/mol. The van der Waals surface area contributed by atoms with Crippen molar-refractivity contribution in [3.63, 3.8) is 0 Å². The van der Waals surface area contributed by atoms with Crippen molar-refractivity contribution in [2.24, 2.45) is 5.73 Å². The summed E-state index contributed by atoms with van der Waals surface area (Å²) >= 11 is 0. The van der Waals surface area contributed by atoms with Gasteiger partial charge in [-0.1, -0.05) is 14.9 Å². The third-order valence-corrected chi connectivity index (χ3v) is 0.716. The number of carbonyl (C=O) groups is 1. The molecule has 2 N–H and O–H groups in total. The van der Waals surface area contributed by atoms with Crippen molar-refractivity contribution in [1.29, 1.82) is 0 Å². The Hall–Kier alpha value is -0.570. The molecule has 0 rings (SSSR count). The van der Waals surface area contributed by atoms with Crippen molar-refractivity contribution in [2.75, 3.05) is 7.11 Å². The van der Waals surface area contributed by atoms with E-state index in [1.54, 1.807) is 6.92 Å². The second kappa shape index (κ2) is 8.43. The summed E-state index contributed by atoms with van der Waals surface area (Å²) in [4.78, 5) is 10.3. The minimum atomic E-state index is -0.250. The van der Waals surface area contributed by atoms with Gasteiger partial charge in [0.05, 0.1) is 13.5 Å². The average Bonchev–Trinajstić information content (AvgIpc) is 1.65. The highest BCUT2D eigenvalue weighted by atomic mass is 16.5. The van der Waals surface area contributed by atoms with Crippen LogP contribution in [-0.2, 0) is 9.53 Å². The number of ether oxygens (including phenoxy) is 1. The van der Waals surface area contributed by atoms with E-state index in [0.717, 1.165) is 0 Å². The molecule has 0 saturated carbocycles. The number of methoxy groups -OCH3 is 1. The first kappa shape index (κ1) is 16.2. The van der Waals surface area contributed by atoms with Gasteiger partial charge in [0.1, 0.15) is 0 Å². The van der Waals surface area contributed by atoms with Gasteiger partial charge < -0.3 is 10.5 Å². The predicted octanol–water partition coefficient (Wildman–Crippen LogP) is 1.17. The first-order chi connectivity index (χ1) is 3.66. The zero-order chi connectivity index (χ0) is 6.57. The largest absolute Gasteiger partial charge is 0.469 e. The number of hydrogen-bond acceptors (Lipinski definition) is 3. The fourth-order valence-corrected chi connectivity index (χ4v) is 0.346. The molecule has 0 spiro atoms. The van der Waals surface area contributed by atoms with Crippen LogP contribution in [0.5, 0.6) is 0 Å². The van der Waals surface area contributed by atoms with Crippen molar-refractivity contribution in [3.8, 4) is 0 Å². The van der Waals surface area contributed by atoms with E-state index in [1.807, 2.05) is 0 Å². The van der Waals surface area contributed by atoms with Crippen molar-refractivity contribution in [2.45, 2.75) is 34.2 Å². The molecule has 0 aromatic carbocycles. The summed E-state index contributed by atoms with van der Waals surface area (Å²) in [5.41, 5.74) is 5.27. The summed E-state index contributed by atoms with van der Waals surface area (Å²) < 4.78 is 4.34. The maximum atomic E-state index is 10.3. The van der Waals surface area contributed by atoms with Gasteiger partial charge in [0.2, 0.25) is 0 Å². The van der Waals surface area contributed by atoms with Crippen molar-refractivity contribution < 1.29 is 9.53 Å². The van der Waals surface area contributed by atoms with Gasteiger partial charge in [-0.2, -0.15) is 0 Å². The van der Waals surface area contributed by atoms with E-state index in [4.69, 9.17) is 5.73 Å². The van der Waals surface area contributed by atoms with E-state index >= 15 is 0 Å². The smallest absolute Gasteiger partial charge is 0.307 e. The molecule has 0 aliphatic rings. The fourth-order valence-electron chi connectivity index (χ4n) is 0.346. The van der Waals surface area contributed by atoms with Gasteiger partial charge >= 0.3 is 5.97 Å². The van der Waals surface area contributed by atoms with Gasteiger partial charge in [-0.25, -0.2) is 0 Å². The Bertz CT molecular complexity index is 81.7. The van der Waals surface area contributed by atoms with E-state index in [-0.39, 0.29) is 26.9 Å². The van der Waals surface area contributed by atoms with E-state index in [1.165, 1.54) is 7.11 Å². The van der Waals surface area contributed by atoms with Crippen LogP contribution in [0.25, 0.3) is 0 Å². The Morgan fingerprint density at radius 2 is 2.00 bits per heavy atom. The highest BCUT2D eigenvalue weighted by Crippen LogP contribution is 1.86. The molecule has 0 aromatic heterocycles. The molecule has 0 heterocycles. The van der Waals surface area contributed by atoms with Crippen LogP contribution in [-0.4, -0.2) is 19.1 Å². The summed E-state index contributed by atoms with van der Waals surface area (Å²) in [6.07, 6.45) is 0.302. The highest BCUT2D eigenvalue weighted by Gasteiger charge is 2.01. The third kappa shape index (κ3) is 10.4. The summed E-state index contributed by atoms with van der Waals surface area (Å²) in [5.74, 6) is -0.250. The zero-order valence-corrected chi connectivity index (χ0v) is 5.18. The number of nitrogens with two attached hydrogens (primary N) is 1. The lowest BCUT2D eigenvalue weighted by Gasteiger charge is -2.00. The molecule has 1 unspecified atom stereocenters. The molecular weight excluding hydrogens is 130 g/mol. The third-order valence-electron chi connectivity index (χ3n) is 0.716.